The van der Waals surface area contributed by atoms with E-state index in [-0.39, 0.29) is 16.3 Å². The number of sulfonamides is 1. The van der Waals surface area contributed by atoms with Crippen molar-refractivity contribution in [2.45, 2.75) is 37.4 Å². The minimum absolute atomic E-state index is 0.0810. The molecule has 0 fully saturated rings. The van der Waals surface area contributed by atoms with E-state index in [0.29, 0.717) is 22.6 Å². The Kier molecular flexibility index (Phi) is 7.94. The van der Waals surface area contributed by atoms with Gasteiger partial charge in [0.05, 0.1) is 16.9 Å². The third-order valence-electron chi connectivity index (χ3n) is 4.09. The molecule has 4 N–H and O–H groups in total. The van der Waals surface area contributed by atoms with Gasteiger partial charge in [0.15, 0.2) is 0 Å². The van der Waals surface area contributed by atoms with Crippen molar-refractivity contribution < 1.29 is 35.9 Å². The number of pyridine rings is 1. The molecule has 186 valence electrons. The number of aliphatic carboxylic acids is 1. The van der Waals surface area contributed by atoms with Crippen LogP contribution in [0.25, 0.3) is 22.6 Å². The molecule has 0 saturated carbocycles. The summed E-state index contributed by atoms with van der Waals surface area (Å²) >= 11 is 0. The first-order valence-electron chi connectivity index (χ1n) is 9.74. The molecule has 0 aliphatic heterocycles. The minimum Gasteiger partial charge on any atom is -0.475 e. The molecule has 0 unspecified atom stereocenters. The summed E-state index contributed by atoms with van der Waals surface area (Å²) in [4.78, 5) is 13.3. The van der Waals surface area contributed by atoms with Crippen LogP contribution in [0.15, 0.2) is 58.0 Å². The van der Waals surface area contributed by atoms with Gasteiger partial charge in [0.2, 0.25) is 10.0 Å². The number of benzene rings is 1. The summed E-state index contributed by atoms with van der Waals surface area (Å²) < 4.78 is 64.6. The van der Waals surface area contributed by atoms with Crippen molar-refractivity contribution in [1.29, 1.82) is 5.26 Å². The number of aromatic nitrogens is 1. The van der Waals surface area contributed by atoms with E-state index < -0.39 is 27.7 Å². The molecule has 0 radical (unpaired) electrons. The Morgan fingerprint density at radius 3 is 2.17 bits per heavy atom. The van der Waals surface area contributed by atoms with Gasteiger partial charge in [0.1, 0.15) is 23.2 Å². The van der Waals surface area contributed by atoms with Gasteiger partial charge in [-0.3, -0.25) is 0 Å². The molecule has 13 heteroatoms. The van der Waals surface area contributed by atoms with E-state index in [2.05, 4.69) is 9.71 Å². The normalized spacial score (nSPS) is 11.8. The molecule has 3 rings (SSSR count). The largest absolute Gasteiger partial charge is 0.490 e. The Bertz CT molecular complexity index is 1340. The Labute approximate surface area is 199 Å². The highest BCUT2D eigenvalue weighted by Gasteiger charge is 2.38. The number of nitrogens with one attached hydrogen (secondary N) is 1. The van der Waals surface area contributed by atoms with Crippen molar-refractivity contribution in [2.24, 2.45) is 0 Å². The maximum Gasteiger partial charge on any atom is 0.490 e. The second-order valence-corrected chi connectivity index (χ2v) is 9.77. The average Bonchev–Trinajstić information content (AvgIpc) is 3.26. The molecule has 2 heterocycles. The number of nitrogen functional groups attached to an aromatic ring is 1. The predicted octanol–water partition coefficient (Wildman–Crippen LogP) is 4.17. The molecule has 35 heavy (non-hydrogen) atoms. The quantitative estimate of drug-likeness (QED) is 0.471. The van der Waals surface area contributed by atoms with Crippen LogP contribution >= 0.6 is 0 Å². The molecule has 0 saturated heterocycles. The van der Waals surface area contributed by atoms with Crippen molar-refractivity contribution in [3.8, 4) is 28.7 Å². The van der Waals surface area contributed by atoms with Gasteiger partial charge in [-0.1, -0.05) is 12.1 Å². The summed E-state index contributed by atoms with van der Waals surface area (Å²) in [6.07, 6.45) is -3.57. The van der Waals surface area contributed by atoms with E-state index in [1.807, 2.05) is 6.07 Å². The Morgan fingerprint density at radius 1 is 1.17 bits per heavy atom. The first-order chi connectivity index (χ1) is 16.0. The highest BCUT2D eigenvalue weighted by molar-refractivity contribution is 7.89. The molecule has 0 atom stereocenters. The number of carboxylic acid groups (broad SMARTS) is 1. The summed E-state index contributed by atoms with van der Waals surface area (Å²) in [5.74, 6) is -2.18. The van der Waals surface area contributed by atoms with Crippen molar-refractivity contribution in [1.82, 2.24) is 9.71 Å². The molecule has 0 spiro atoms. The van der Waals surface area contributed by atoms with Crippen LogP contribution in [0.5, 0.6) is 0 Å². The van der Waals surface area contributed by atoms with E-state index in [0.717, 1.165) is 0 Å². The number of nitrogens with zero attached hydrogens (tertiary/aromatic N) is 2. The second kappa shape index (κ2) is 10.2. The van der Waals surface area contributed by atoms with Gasteiger partial charge in [0, 0.05) is 16.7 Å². The zero-order chi connectivity index (χ0) is 26.6. The number of hydrogen-bond donors (Lipinski definition) is 3. The van der Waals surface area contributed by atoms with Gasteiger partial charge >= 0.3 is 12.1 Å². The highest BCUT2D eigenvalue weighted by atomic mass is 32.2. The molecule has 0 aliphatic carbocycles. The predicted molar refractivity (Wildman–Crippen MR) is 120 cm³/mol. The number of nitrogens with two attached hydrogens (primary N) is 1. The molecular weight excluding hydrogens is 489 g/mol. The number of anilines is 1. The monoisotopic (exact) mass is 510 g/mol. The van der Waals surface area contributed by atoms with Gasteiger partial charge < -0.3 is 15.3 Å². The smallest absolute Gasteiger partial charge is 0.475 e. The molecule has 9 nitrogen and oxygen atoms in total. The van der Waals surface area contributed by atoms with Crippen LogP contribution in [0.3, 0.4) is 0 Å². The fourth-order valence-corrected chi connectivity index (χ4v) is 4.14. The van der Waals surface area contributed by atoms with Crippen LogP contribution in [0.1, 0.15) is 26.3 Å². The van der Waals surface area contributed by atoms with Crippen LogP contribution < -0.4 is 10.5 Å². The lowest BCUT2D eigenvalue weighted by molar-refractivity contribution is -0.192. The zero-order valence-corrected chi connectivity index (χ0v) is 19.5. The van der Waals surface area contributed by atoms with E-state index in [4.69, 9.17) is 20.1 Å². The number of rotatable bonds is 4. The van der Waals surface area contributed by atoms with E-state index in [1.165, 1.54) is 18.4 Å². The number of carbonyl (C=O) groups is 1. The summed E-state index contributed by atoms with van der Waals surface area (Å²) in [5, 5.41) is 16.5. The molecule has 1 aromatic carbocycles. The van der Waals surface area contributed by atoms with Crippen molar-refractivity contribution >= 4 is 21.8 Å². The third-order valence-corrected chi connectivity index (χ3v) is 5.86. The summed E-state index contributed by atoms with van der Waals surface area (Å²) in [6.45, 7) is 5.33. The Hall–Kier alpha value is -3.89. The number of carboxylic acids is 1. The van der Waals surface area contributed by atoms with Crippen molar-refractivity contribution in [2.75, 3.05) is 5.73 Å². The van der Waals surface area contributed by atoms with Crippen LogP contribution in [-0.4, -0.2) is 36.2 Å². The fourth-order valence-electron chi connectivity index (χ4n) is 2.72. The maximum absolute atomic E-state index is 12.4. The summed E-state index contributed by atoms with van der Waals surface area (Å²) in [7, 11) is -3.63. The number of hydrogen-bond acceptors (Lipinski definition) is 7. The summed E-state index contributed by atoms with van der Waals surface area (Å²) in [5.41, 5.74) is 7.31. The lowest BCUT2D eigenvalue weighted by atomic mass is 10.0. The minimum atomic E-state index is -5.08. The molecule has 3 aromatic rings. The van der Waals surface area contributed by atoms with E-state index in [9.17, 15) is 26.9 Å². The third kappa shape index (κ3) is 7.29. The number of halogens is 3. The van der Waals surface area contributed by atoms with Gasteiger partial charge in [-0.2, -0.15) is 18.4 Å². The topological polar surface area (TPSA) is 159 Å². The number of alkyl halides is 3. The highest BCUT2D eigenvalue weighted by Crippen LogP contribution is 2.31. The van der Waals surface area contributed by atoms with E-state index >= 15 is 0 Å². The first kappa shape index (κ1) is 27.4. The SMILES string of the molecule is CC(C)(C)NS(=O)(=O)c1ccc(-c2cc(-c3ccco3)c(C#N)c(N)n2)cc1.O=C(O)C(F)(F)F. The zero-order valence-electron chi connectivity index (χ0n) is 18.7. The Balaban J connectivity index is 0.000000540. The lowest BCUT2D eigenvalue weighted by Crippen LogP contribution is -2.40. The standard InChI is InChI=1S/C20H20N4O3S.C2HF3O2/c1-20(2,3)24-28(25,26)14-8-6-13(7-9-14)17-11-15(18-5-4-10-27-18)16(12-21)19(22)23-17;3-2(4,5)1(6)7/h4-11,24H,1-3H3,(H2,22,23);(H,6,7). The molecule has 0 aliphatic rings. The molecule has 0 amide bonds. The second-order valence-electron chi connectivity index (χ2n) is 8.09. The van der Waals surface area contributed by atoms with Crippen LogP contribution in [-0.2, 0) is 14.8 Å². The van der Waals surface area contributed by atoms with Crippen LogP contribution in [0.4, 0.5) is 19.0 Å². The van der Waals surface area contributed by atoms with Crippen molar-refractivity contribution in [3.05, 3.63) is 54.3 Å². The summed E-state index contributed by atoms with van der Waals surface area (Å²) in [6, 6.07) is 13.5. The lowest BCUT2D eigenvalue weighted by Gasteiger charge is -2.20. The van der Waals surface area contributed by atoms with Gasteiger partial charge in [-0.05, 0) is 51.1 Å². The Morgan fingerprint density at radius 2 is 1.74 bits per heavy atom. The average molecular weight is 510 g/mol. The van der Waals surface area contributed by atoms with Gasteiger partial charge in [-0.15, -0.1) is 0 Å². The fraction of sp³-hybridized carbons (Fsp3) is 0.227. The van der Waals surface area contributed by atoms with Crippen molar-refractivity contribution in [3.63, 3.8) is 0 Å². The van der Waals surface area contributed by atoms with Crippen LogP contribution in [0.2, 0.25) is 0 Å². The van der Waals surface area contributed by atoms with Crippen LogP contribution in [0, 0.1) is 11.3 Å². The van der Waals surface area contributed by atoms with Gasteiger partial charge in [-0.25, -0.2) is 22.9 Å². The maximum atomic E-state index is 12.4. The molecule has 2 aromatic heterocycles. The number of furan rings is 1. The van der Waals surface area contributed by atoms with E-state index in [1.54, 1.807) is 51.1 Å². The van der Waals surface area contributed by atoms with Gasteiger partial charge in [0.25, 0.3) is 0 Å². The molecule has 0 bridgehead atoms. The first-order valence-corrected chi connectivity index (χ1v) is 11.2. The molecular formula is C22H21F3N4O5S. The number of nitriles is 1.